The summed E-state index contributed by atoms with van der Waals surface area (Å²) in [5, 5.41) is 9.77. The molecule has 0 aromatic carbocycles. The number of carbonyl (C=O) groups is 2. The van der Waals surface area contributed by atoms with Gasteiger partial charge < -0.3 is 5.11 Å². The van der Waals surface area contributed by atoms with Gasteiger partial charge in [-0.1, -0.05) is 18.1 Å². The Morgan fingerprint density at radius 2 is 1.65 bits per heavy atom. The summed E-state index contributed by atoms with van der Waals surface area (Å²) in [6, 6.07) is 0. The molecule has 1 aliphatic rings. The van der Waals surface area contributed by atoms with Gasteiger partial charge in [-0.05, 0) is 51.7 Å². The maximum atomic E-state index is 11.9. The SMILES string of the molecule is C/C1=C/C(O)=C/C(=O)C(C)CC/C(C)=C/C(=O)CCC1. The van der Waals surface area contributed by atoms with E-state index < -0.39 is 0 Å². The molecule has 1 aliphatic carbocycles. The van der Waals surface area contributed by atoms with Crippen LogP contribution < -0.4 is 0 Å². The maximum Gasteiger partial charge on any atom is 0.162 e. The molecule has 20 heavy (non-hydrogen) atoms. The van der Waals surface area contributed by atoms with Crippen molar-refractivity contribution in [2.75, 3.05) is 0 Å². The van der Waals surface area contributed by atoms with E-state index in [0.29, 0.717) is 12.8 Å². The molecule has 3 heteroatoms. The summed E-state index contributed by atoms with van der Waals surface area (Å²) in [6.07, 6.45) is 8.11. The summed E-state index contributed by atoms with van der Waals surface area (Å²) in [7, 11) is 0. The predicted molar refractivity (Wildman–Crippen MR) is 80.5 cm³/mol. The minimum absolute atomic E-state index is 0.00926. The Morgan fingerprint density at radius 3 is 2.35 bits per heavy atom. The second-order valence-corrected chi connectivity index (χ2v) is 5.71. The Bertz CT molecular complexity index is 467. The maximum absolute atomic E-state index is 11.9. The van der Waals surface area contributed by atoms with E-state index in [1.54, 1.807) is 12.2 Å². The molecule has 110 valence electrons. The van der Waals surface area contributed by atoms with Crippen molar-refractivity contribution < 1.29 is 14.7 Å². The van der Waals surface area contributed by atoms with Crippen molar-refractivity contribution in [3.8, 4) is 0 Å². The minimum Gasteiger partial charge on any atom is -0.508 e. The molecule has 0 aromatic rings. The summed E-state index contributed by atoms with van der Waals surface area (Å²) in [6.45, 7) is 5.68. The Hall–Kier alpha value is -1.64. The minimum atomic E-state index is -0.146. The molecule has 1 N–H and O–H groups in total. The first-order valence-electron chi connectivity index (χ1n) is 7.20. The summed E-state index contributed by atoms with van der Waals surface area (Å²) in [5.74, 6) is -0.0592. The molecule has 0 saturated carbocycles. The fourth-order valence-corrected chi connectivity index (χ4v) is 2.20. The van der Waals surface area contributed by atoms with Crippen molar-refractivity contribution in [2.24, 2.45) is 5.92 Å². The van der Waals surface area contributed by atoms with Gasteiger partial charge in [0, 0.05) is 18.4 Å². The second kappa shape index (κ2) is 7.83. The molecular weight excluding hydrogens is 252 g/mol. The van der Waals surface area contributed by atoms with E-state index in [9.17, 15) is 14.7 Å². The van der Waals surface area contributed by atoms with Crippen LogP contribution in [-0.2, 0) is 9.59 Å². The molecule has 1 rings (SSSR count). The Kier molecular flexibility index (Phi) is 6.43. The summed E-state index contributed by atoms with van der Waals surface area (Å²) >= 11 is 0. The molecule has 0 heterocycles. The van der Waals surface area contributed by atoms with Gasteiger partial charge >= 0.3 is 0 Å². The van der Waals surface area contributed by atoms with Gasteiger partial charge in [-0.25, -0.2) is 0 Å². The summed E-state index contributed by atoms with van der Waals surface area (Å²) in [4.78, 5) is 23.7. The Balaban J connectivity index is 2.91. The zero-order valence-electron chi connectivity index (χ0n) is 12.6. The van der Waals surface area contributed by atoms with Crippen molar-refractivity contribution in [2.45, 2.75) is 52.9 Å². The van der Waals surface area contributed by atoms with Gasteiger partial charge in [0.2, 0.25) is 0 Å². The molecule has 0 bridgehead atoms. The van der Waals surface area contributed by atoms with Crippen LogP contribution in [-0.4, -0.2) is 16.7 Å². The molecule has 1 unspecified atom stereocenters. The van der Waals surface area contributed by atoms with Gasteiger partial charge in [-0.3, -0.25) is 9.59 Å². The van der Waals surface area contributed by atoms with Crippen LogP contribution >= 0.6 is 0 Å². The number of hydrogen-bond donors (Lipinski definition) is 1. The highest BCUT2D eigenvalue weighted by molar-refractivity contribution is 5.92. The number of hydrogen-bond acceptors (Lipinski definition) is 3. The zero-order chi connectivity index (χ0) is 15.1. The molecule has 0 aromatic heterocycles. The lowest BCUT2D eigenvalue weighted by Gasteiger charge is -2.09. The van der Waals surface area contributed by atoms with Crippen LogP contribution in [0.3, 0.4) is 0 Å². The molecule has 0 aliphatic heterocycles. The zero-order valence-corrected chi connectivity index (χ0v) is 12.6. The first kappa shape index (κ1) is 16.4. The van der Waals surface area contributed by atoms with Gasteiger partial charge in [0.15, 0.2) is 11.6 Å². The summed E-state index contributed by atoms with van der Waals surface area (Å²) < 4.78 is 0. The lowest BCUT2D eigenvalue weighted by molar-refractivity contribution is -0.118. The normalized spacial score (nSPS) is 31.4. The Morgan fingerprint density at radius 1 is 1.00 bits per heavy atom. The molecular formula is C17H24O3. The smallest absolute Gasteiger partial charge is 0.162 e. The first-order valence-corrected chi connectivity index (χ1v) is 7.20. The highest BCUT2D eigenvalue weighted by Gasteiger charge is 2.12. The van der Waals surface area contributed by atoms with E-state index in [1.807, 2.05) is 20.8 Å². The summed E-state index contributed by atoms with van der Waals surface area (Å²) in [5.41, 5.74) is 2.00. The largest absolute Gasteiger partial charge is 0.508 e. The van der Waals surface area contributed by atoms with Crippen molar-refractivity contribution in [1.82, 2.24) is 0 Å². The van der Waals surface area contributed by atoms with Crippen LogP contribution in [0.15, 0.2) is 35.1 Å². The topological polar surface area (TPSA) is 54.4 Å². The lowest BCUT2D eigenvalue weighted by Crippen LogP contribution is -2.09. The third-order valence-corrected chi connectivity index (χ3v) is 3.54. The van der Waals surface area contributed by atoms with Crippen LogP contribution in [0, 0.1) is 5.92 Å². The molecule has 0 radical (unpaired) electrons. The quantitative estimate of drug-likeness (QED) is 0.726. The molecule has 0 saturated heterocycles. The number of carbonyl (C=O) groups excluding carboxylic acids is 2. The number of allylic oxidation sites excluding steroid dienone is 5. The van der Waals surface area contributed by atoms with E-state index >= 15 is 0 Å². The lowest BCUT2D eigenvalue weighted by atomic mass is 9.95. The third kappa shape index (κ3) is 6.00. The molecule has 0 fully saturated rings. The van der Waals surface area contributed by atoms with Crippen molar-refractivity contribution in [3.05, 3.63) is 35.1 Å². The Labute approximate surface area is 121 Å². The van der Waals surface area contributed by atoms with E-state index in [4.69, 9.17) is 0 Å². The number of aliphatic hydroxyl groups excluding tert-OH is 1. The fourth-order valence-electron chi connectivity index (χ4n) is 2.20. The van der Waals surface area contributed by atoms with E-state index in [1.165, 1.54) is 6.08 Å². The van der Waals surface area contributed by atoms with Crippen LogP contribution in [0.25, 0.3) is 0 Å². The molecule has 1 atom stereocenters. The standard InChI is InChI=1S/C17H24O3/c1-12-5-4-6-15(18)9-13(2)7-8-14(3)17(20)11-16(19)10-12/h9-11,14,19H,4-8H2,1-3H3/b12-10-,13-9+,16-11-. The van der Waals surface area contributed by atoms with Crippen LogP contribution in [0.5, 0.6) is 0 Å². The second-order valence-electron chi connectivity index (χ2n) is 5.71. The van der Waals surface area contributed by atoms with Gasteiger partial charge in [-0.15, -0.1) is 0 Å². The van der Waals surface area contributed by atoms with Crippen molar-refractivity contribution in [1.29, 1.82) is 0 Å². The average Bonchev–Trinajstić information content (AvgIpc) is 2.34. The fraction of sp³-hybridized carbons (Fsp3) is 0.529. The number of ketones is 2. The highest BCUT2D eigenvalue weighted by atomic mass is 16.3. The van der Waals surface area contributed by atoms with E-state index in [-0.39, 0.29) is 23.2 Å². The van der Waals surface area contributed by atoms with Crippen molar-refractivity contribution in [3.63, 3.8) is 0 Å². The number of rotatable bonds is 0. The van der Waals surface area contributed by atoms with Gasteiger partial charge in [0.05, 0.1) is 0 Å². The van der Waals surface area contributed by atoms with Crippen molar-refractivity contribution >= 4 is 11.6 Å². The highest BCUT2D eigenvalue weighted by Crippen LogP contribution is 2.16. The molecule has 0 spiro atoms. The monoisotopic (exact) mass is 276 g/mol. The van der Waals surface area contributed by atoms with Crippen LogP contribution in [0.2, 0.25) is 0 Å². The predicted octanol–water partition coefficient (Wildman–Crippen LogP) is 4.06. The average molecular weight is 276 g/mol. The number of aliphatic hydroxyl groups is 1. The van der Waals surface area contributed by atoms with E-state index in [2.05, 4.69) is 0 Å². The first-order chi connectivity index (χ1) is 9.38. The van der Waals surface area contributed by atoms with Crippen LogP contribution in [0.1, 0.15) is 52.9 Å². The third-order valence-electron chi connectivity index (χ3n) is 3.54. The van der Waals surface area contributed by atoms with E-state index in [0.717, 1.165) is 30.4 Å². The molecule has 0 amide bonds. The van der Waals surface area contributed by atoms with Gasteiger partial charge in [0.1, 0.15) is 5.76 Å². The van der Waals surface area contributed by atoms with Gasteiger partial charge in [-0.2, -0.15) is 0 Å². The van der Waals surface area contributed by atoms with Gasteiger partial charge in [0.25, 0.3) is 0 Å². The molecule has 3 nitrogen and oxygen atoms in total. The van der Waals surface area contributed by atoms with Crippen LogP contribution in [0.4, 0.5) is 0 Å².